The van der Waals surface area contributed by atoms with E-state index in [1.165, 1.54) is 11.6 Å². The number of benzene rings is 2. The van der Waals surface area contributed by atoms with E-state index in [-0.39, 0.29) is 48.8 Å². The molecule has 2 rings (SSSR count). The number of nitrogens with one attached hydrogen (secondary N) is 3. The van der Waals surface area contributed by atoms with Crippen LogP contribution in [0.15, 0.2) is 59.6 Å². The van der Waals surface area contributed by atoms with Crippen molar-refractivity contribution in [3.8, 4) is 0 Å². The van der Waals surface area contributed by atoms with Crippen LogP contribution in [0.2, 0.25) is 0 Å². The Bertz CT molecular complexity index is 725. The van der Waals surface area contributed by atoms with Gasteiger partial charge in [0, 0.05) is 18.7 Å². The number of rotatable bonds is 8. The molecule has 0 radical (unpaired) electrons. The zero-order valence-electron chi connectivity index (χ0n) is 15.4. The third-order valence-electron chi connectivity index (χ3n) is 3.70. The molecule has 3 N–H and O–H groups in total. The van der Waals surface area contributed by atoms with Crippen LogP contribution in [0.25, 0.3) is 0 Å². The summed E-state index contributed by atoms with van der Waals surface area (Å²) in [5.74, 6) is 0.0807. The maximum atomic E-state index is 13.6. The lowest BCUT2D eigenvalue weighted by atomic mass is 10.1. The van der Waals surface area contributed by atoms with Gasteiger partial charge in [-0.3, -0.25) is 4.79 Å². The summed E-state index contributed by atoms with van der Waals surface area (Å²) < 4.78 is 13.6. The monoisotopic (exact) mass is 484 g/mol. The molecule has 0 saturated carbocycles. The largest absolute Gasteiger partial charge is 0.357 e. The van der Waals surface area contributed by atoms with Crippen LogP contribution in [0, 0.1) is 5.82 Å². The van der Waals surface area contributed by atoms with Crippen LogP contribution < -0.4 is 16.0 Å². The molecule has 2 aromatic carbocycles. The lowest BCUT2D eigenvalue weighted by Crippen LogP contribution is -2.43. The van der Waals surface area contributed by atoms with Crippen molar-refractivity contribution in [2.45, 2.75) is 19.9 Å². The van der Waals surface area contributed by atoms with E-state index in [0.29, 0.717) is 24.6 Å². The van der Waals surface area contributed by atoms with Crippen molar-refractivity contribution in [1.82, 2.24) is 16.0 Å². The number of hydrogen-bond acceptors (Lipinski definition) is 2. The van der Waals surface area contributed by atoms with Crippen LogP contribution in [0.5, 0.6) is 0 Å². The van der Waals surface area contributed by atoms with Gasteiger partial charge in [0.1, 0.15) is 5.82 Å². The molecule has 1 amide bonds. The van der Waals surface area contributed by atoms with E-state index in [9.17, 15) is 9.18 Å². The highest BCUT2D eigenvalue weighted by atomic mass is 127. The van der Waals surface area contributed by atoms with Gasteiger partial charge in [0.2, 0.25) is 5.91 Å². The van der Waals surface area contributed by atoms with Crippen molar-refractivity contribution in [2.75, 3.05) is 19.6 Å². The van der Waals surface area contributed by atoms with Crippen LogP contribution in [0.4, 0.5) is 4.39 Å². The summed E-state index contributed by atoms with van der Waals surface area (Å²) in [5.41, 5.74) is 1.69. The third kappa shape index (κ3) is 8.85. The summed E-state index contributed by atoms with van der Waals surface area (Å²) in [7, 11) is 0. The van der Waals surface area contributed by atoms with E-state index in [0.717, 1.165) is 6.42 Å². The fourth-order valence-corrected chi connectivity index (χ4v) is 2.35. The molecule has 2 aromatic rings. The van der Waals surface area contributed by atoms with E-state index in [4.69, 9.17) is 0 Å². The van der Waals surface area contributed by atoms with E-state index in [1.807, 2.05) is 37.3 Å². The Morgan fingerprint density at radius 2 is 1.70 bits per heavy atom. The van der Waals surface area contributed by atoms with E-state index >= 15 is 0 Å². The van der Waals surface area contributed by atoms with Crippen molar-refractivity contribution >= 4 is 35.8 Å². The zero-order chi connectivity index (χ0) is 18.6. The van der Waals surface area contributed by atoms with E-state index in [1.54, 1.807) is 18.2 Å². The van der Waals surface area contributed by atoms with Crippen LogP contribution in [0.1, 0.15) is 18.1 Å². The van der Waals surface area contributed by atoms with Gasteiger partial charge in [-0.1, -0.05) is 48.5 Å². The minimum absolute atomic E-state index is 0. The SMILES string of the molecule is CCNC(=NCc1ccccc1F)NCC(=O)NCCc1ccccc1.I. The number of hydrogen-bond donors (Lipinski definition) is 3. The summed E-state index contributed by atoms with van der Waals surface area (Å²) in [6.07, 6.45) is 0.786. The summed E-state index contributed by atoms with van der Waals surface area (Å²) >= 11 is 0. The first-order chi connectivity index (χ1) is 12.7. The predicted molar refractivity (Wildman–Crippen MR) is 118 cm³/mol. The van der Waals surface area contributed by atoms with Crippen molar-refractivity contribution < 1.29 is 9.18 Å². The molecule has 0 fully saturated rings. The van der Waals surface area contributed by atoms with E-state index in [2.05, 4.69) is 20.9 Å². The standard InChI is InChI=1S/C20H25FN4O.HI/c1-2-22-20(24-14-17-10-6-7-11-18(17)21)25-15-19(26)23-13-12-16-8-4-3-5-9-16;/h3-11H,2,12-15H2,1H3,(H,23,26)(H2,22,24,25);1H. The van der Waals surface area contributed by atoms with Crippen molar-refractivity contribution in [2.24, 2.45) is 4.99 Å². The number of carbonyl (C=O) groups excluding carboxylic acids is 1. The number of aliphatic imine (C=N–C) groups is 1. The molecule has 0 atom stereocenters. The Labute approximate surface area is 176 Å². The third-order valence-corrected chi connectivity index (χ3v) is 3.70. The molecule has 0 heterocycles. The second-order valence-corrected chi connectivity index (χ2v) is 5.73. The maximum Gasteiger partial charge on any atom is 0.239 e. The molecule has 0 aliphatic carbocycles. The predicted octanol–water partition coefficient (Wildman–Crippen LogP) is 2.86. The average molecular weight is 484 g/mol. The van der Waals surface area contributed by atoms with Gasteiger partial charge < -0.3 is 16.0 Å². The summed E-state index contributed by atoms with van der Waals surface area (Å²) in [4.78, 5) is 16.3. The summed E-state index contributed by atoms with van der Waals surface area (Å²) in [5, 5.41) is 8.88. The Balaban J connectivity index is 0.00000364. The van der Waals surface area contributed by atoms with Gasteiger partial charge in [0.25, 0.3) is 0 Å². The number of halogens is 2. The Kier molecular flexibility index (Phi) is 11.1. The molecule has 146 valence electrons. The lowest BCUT2D eigenvalue weighted by molar-refractivity contribution is -0.119. The smallest absolute Gasteiger partial charge is 0.239 e. The second-order valence-electron chi connectivity index (χ2n) is 5.73. The minimum Gasteiger partial charge on any atom is -0.357 e. The van der Waals surface area contributed by atoms with Gasteiger partial charge >= 0.3 is 0 Å². The van der Waals surface area contributed by atoms with E-state index < -0.39 is 0 Å². The molecular weight excluding hydrogens is 458 g/mol. The number of carbonyl (C=O) groups is 1. The molecule has 0 saturated heterocycles. The quantitative estimate of drug-likeness (QED) is 0.307. The highest BCUT2D eigenvalue weighted by molar-refractivity contribution is 14.0. The van der Waals surface area contributed by atoms with Gasteiger partial charge in [0.15, 0.2) is 5.96 Å². The average Bonchev–Trinajstić information content (AvgIpc) is 2.66. The van der Waals surface area contributed by atoms with Crippen LogP contribution in [-0.2, 0) is 17.8 Å². The Morgan fingerprint density at radius 3 is 2.41 bits per heavy atom. The minimum atomic E-state index is -0.286. The van der Waals surface area contributed by atoms with Gasteiger partial charge in [-0.2, -0.15) is 0 Å². The molecule has 7 heteroatoms. The molecule has 0 aliphatic rings. The van der Waals surface area contributed by atoms with Gasteiger partial charge in [-0.15, -0.1) is 24.0 Å². The number of guanidine groups is 1. The fraction of sp³-hybridized carbons (Fsp3) is 0.300. The Hall–Kier alpha value is -2.16. The number of nitrogens with zero attached hydrogens (tertiary/aromatic N) is 1. The van der Waals surface area contributed by atoms with Gasteiger partial charge in [-0.05, 0) is 25.0 Å². The van der Waals surface area contributed by atoms with Crippen molar-refractivity contribution in [1.29, 1.82) is 0 Å². The van der Waals surface area contributed by atoms with Crippen molar-refractivity contribution in [3.63, 3.8) is 0 Å². The van der Waals surface area contributed by atoms with Gasteiger partial charge in [-0.25, -0.2) is 9.38 Å². The molecule has 0 aromatic heterocycles. The topological polar surface area (TPSA) is 65.5 Å². The van der Waals surface area contributed by atoms with Crippen LogP contribution in [-0.4, -0.2) is 31.5 Å². The molecular formula is C20H26FIN4O. The second kappa shape index (κ2) is 13.1. The van der Waals surface area contributed by atoms with Gasteiger partial charge in [0.05, 0.1) is 13.1 Å². The Morgan fingerprint density at radius 1 is 1.00 bits per heavy atom. The molecule has 0 spiro atoms. The first kappa shape index (κ1) is 22.9. The summed E-state index contributed by atoms with van der Waals surface area (Å²) in [6.45, 7) is 3.47. The normalized spacial score (nSPS) is 10.7. The first-order valence-electron chi connectivity index (χ1n) is 8.75. The van der Waals surface area contributed by atoms with Crippen LogP contribution >= 0.6 is 24.0 Å². The molecule has 0 aliphatic heterocycles. The first-order valence-corrected chi connectivity index (χ1v) is 8.75. The molecule has 0 bridgehead atoms. The summed E-state index contributed by atoms with van der Waals surface area (Å²) in [6, 6.07) is 16.5. The molecule has 0 unspecified atom stereocenters. The highest BCUT2D eigenvalue weighted by Crippen LogP contribution is 2.07. The zero-order valence-corrected chi connectivity index (χ0v) is 17.7. The molecule has 27 heavy (non-hydrogen) atoms. The van der Waals surface area contributed by atoms with Crippen molar-refractivity contribution in [3.05, 3.63) is 71.5 Å². The fourth-order valence-electron chi connectivity index (χ4n) is 2.35. The lowest BCUT2D eigenvalue weighted by Gasteiger charge is -2.11. The maximum absolute atomic E-state index is 13.6. The number of amides is 1. The van der Waals surface area contributed by atoms with Crippen LogP contribution in [0.3, 0.4) is 0 Å². The molecule has 5 nitrogen and oxygen atoms in total. The highest BCUT2D eigenvalue weighted by Gasteiger charge is 2.04.